The lowest BCUT2D eigenvalue weighted by Gasteiger charge is -2.09. The molecule has 0 radical (unpaired) electrons. The minimum absolute atomic E-state index is 0.324. The van der Waals surface area contributed by atoms with Crippen molar-refractivity contribution in [1.29, 1.82) is 0 Å². The second-order valence-corrected chi connectivity index (χ2v) is 5.81. The number of benzene rings is 1. The first-order valence-corrected chi connectivity index (χ1v) is 7.04. The van der Waals surface area contributed by atoms with Crippen LogP contribution in [0.3, 0.4) is 0 Å². The highest BCUT2D eigenvalue weighted by Gasteiger charge is 2.30. The maximum atomic E-state index is 9.68. The summed E-state index contributed by atoms with van der Waals surface area (Å²) in [5.74, 6) is 2.10. The third-order valence-electron chi connectivity index (χ3n) is 3.79. The fraction of sp³-hybridized carbons (Fsp3) is 0.500. The molecule has 0 spiro atoms. The van der Waals surface area contributed by atoms with E-state index in [2.05, 4.69) is 19.0 Å². The molecule has 19 heavy (non-hydrogen) atoms. The molecule has 0 aliphatic heterocycles. The van der Waals surface area contributed by atoms with Crippen LogP contribution in [0.4, 0.5) is 0 Å². The largest absolute Gasteiger partial charge is 0.508 e. The molecule has 1 aromatic heterocycles. The van der Waals surface area contributed by atoms with E-state index in [4.69, 9.17) is 4.42 Å². The Morgan fingerprint density at radius 3 is 2.79 bits per heavy atom. The fourth-order valence-corrected chi connectivity index (χ4v) is 2.66. The molecule has 0 amide bonds. The van der Waals surface area contributed by atoms with E-state index in [1.807, 2.05) is 12.1 Å². The lowest BCUT2D eigenvalue weighted by molar-refractivity contribution is 0.399. The zero-order valence-electron chi connectivity index (χ0n) is 11.6. The summed E-state index contributed by atoms with van der Waals surface area (Å²) in [5, 5.41) is 10.8. The number of nitrogens with zero attached hydrogens (tertiary/aromatic N) is 1. The van der Waals surface area contributed by atoms with Crippen LogP contribution in [0.2, 0.25) is 0 Å². The summed E-state index contributed by atoms with van der Waals surface area (Å²) in [4.78, 5) is 2.20. The quantitative estimate of drug-likeness (QED) is 0.892. The van der Waals surface area contributed by atoms with E-state index in [9.17, 15) is 5.11 Å². The highest BCUT2D eigenvalue weighted by molar-refractivity contribution is 5.84. The van der Waals surface area contributed by atoms with Crippen molar-refractivity contribution in [2.24, 2.45) is 0 Å². The van der Waals surface area contributed by atoms with Gasteiger partial charge in [0, 0.05) is 16.9 Å². The maximum absolute atomic E-state index is 9.68. The van der Waals surface area contributed by atoms with Gasteiger partial charge in [0.25, 0.3) is 0 Å². The summed E-state index contributed by atoms with van der Waals surface area (Å²) in [6, 6.07) is 5.42. The van der Waals surface area contributed by atoms with Crippen molar-refractivity contribution in [1.82, 2.24) is 4.90 Å². The maximum Gasteiger partial charge on any atom is 0.134 e. The molecule has 3 nitrogen and oxygen atoms in total. The number of fused-ring (bicyclic) bond motifs is 1. The molecule has 1 aliphatic rings. The molecule has 2 aromatic rings. The molecule has 1 fully saturated rings. The van der Waals surface area contributed by atoms with Crippen molar-refractivity contribution in [2.45, 2.75) is 31.6 Å². The predicted molar refractivity (Wildman–Crippen MR) is 76.7 cm³/mol. The summed E-state index contributed by atoms with van der Waals surface area (Å²) >= 11 is 0. The molecule has 1 aliphatic carbocycles. The topological polar surface area (TPSA) is 36.6 Å². The van der Waals surface area contributed by atoms with Gasteiger partial charge in [-0.2, -0.15) is 0 Å². The first-order valence-electron chi connectivity index (χ1n) is 7.04. The van der Waals surface area contributed by atoms with Gasteiger partial charge in [-0.1, -0.05) is 0 Å². The Morgan fingerprint density at radius 2 is 2.11 bits per heavy atom. The minimum atomic E-state index is 0.324. The van der Waals surface area contributed by atoms with Crippen LogP contribution in [-0.2, 0) is 6.42 Å². The van der Waals surface area contributed by atoms with Gasteiger partial charge in [0.1, 0.15) is 17.1 Å². The molecular weight excluding hydrogens is 238 g/mol. The fourth-order valence-electron chi connectivity index (χ4n) is 2.66. The summed E-state index contributed by atoms with van der Waals surface area (Å²) in [5.41, 5.74) is 2.23. The Bertz CT molecular complexity index is 582. The van der Waals surface area contributed by atoms with Crippen molar-refractivity contribution in [3.05, 3.63) is 29.5 Å². The van der Waals surface area contributed by atoms with Gasteiger partial charge in [-0.15, -0.1) is 0 Å². The number of rotatable bonds is 5. The smallest absolute Gasteiger partial charge is 0.134 e. The van der Waals surface area contributed by atoms with Gasteiger partial charge in [0.05, 0.1) is 0 Å². The Balaban J connectivity index is 1.93. The van der Waals surface area contributed by atoms with Crippen molar-refractivity contribution in [3.8, 4) is 5.75 Å². The van der Waals surface area contributed by atoms with Gasteiger partial charge in [-0.05, 0) is 64.5 Å². The van der Waals surface area contributed by atoms with Crippen LogP contribution in [0.15, 0.2) is 22.6 Å². The summed E-state index contributed by atoms with van der Waals surface area (Å²) in [6.07, 6.45) is 4.64. The summed E-state index contributed by atoms with van der Waals surface area (Å²) in [7, 11) is 4.20. The lowest BCUT2D eigenvalue weighted by Crippen LogP contribution is -2.13. The molecule has 1 N–H and O–H groups in total. The molecule has 1 saturated carbocycles. The minimum Gasteiger partial charge on any atom is -0.508 e. The normalized spacial score (nSPS) is 15.5. The number of phenols is 1. The van der Waals surface area contributed by atoms with E-state index in [1.165, 1.54) is 24.2 Å². The first kappa shape index (κ1) is 12.5. The molecule has 102 valence electrons. The van der Waals surface area contributed by atoms with Gasteiger partial charge < -0.3 is 14.4 Å². The lowest BCUT2D eigenvalue weighted by atomic mass is 10.0. The van der Waals surface area contributed by atoms with Crippen LogP contribution in [0.5, 0.6) is 5.75 Å². The number of furan rings is 1. The zero-order valence-corrected chi connectivity index (χ0v) is 11.6. The highest BCUT2D eigenvalue weighted by Crippen LogP contribution is 2.45. The zero-order chi connectivity index (χ0) is 13.4. The van der Waals surface area contributed by atoms with Gasteiger partial charge >= 0.3 is 0 Å². The van der Waals surface area contributed by atoms with E-state index >= 15 is 0 Å². The van der Waals surface area contributed by atoms with Crippen LogP contribution in [0.25, 0.3) is 11.0 Å². The Kier molecular flexibility index (Phi) is 3.23. The molecule has 0 unspecified atom stereocenters. The molecule has 1 heterocycles. The molecule has 0 saturated heterocycles. The van der Waals surface area contributed by atoms with Gasteiger partial charge in [-0.25, -0.2) is 0 Å². The van der Waals surface area contributed by atoms with E-state index in [0.717, 1.165) is 30.4 Å². The number of phenolic OH excluding ortho intramolecular Hbond substituents is 1. The van der Waals surface area contributed by atoms with E-state index in [0.29, 0.717) is 11.7 Å². The van der Waals surface area contributed by atoms with Crippen molar-refractivity contribution in [3.63, 3.8) is 0 Å². The molecule has 0 atom stereocenters. The summed E-state index contributed by atoms with van der Waals surface area (Å²) < 4.78 is 6.01. The van der Waals surface area contributed by atoms with E-state index < -0.39 is 0 Å². The number of hydrogen-bond acceptors (Lipinski definition) is 3. The second kappa shape index (κ2) is 4.89. The predicted octanol–water partition coefficient (Wildman–Crippen LogP) is 3.51. The van der Waals surface area contributed by atoms with Crippen molar-refractivity contribution >= 4 is 11.0 Å². The van der Waals surface area contributed by atoms with Gasteiger partial charge in [0.15, 0.2) is 0 Å². The van der Waals surface area contributed by atoms with E-state index in [1.54, 1.807) is 6.07 Å². The number of aryl methyl sites for hydroxylation is 1. The monoisotopic (exact) mass is 259 g/mol. The molecule has 3 rings (SSSR count). The molecule has 1 aromatic carbocycles. The molecular formula is C16H21NO2. The molecule has 3 heteroatoms. The van der Waals surface area contributed by atoms with Crippen LogP contribution in [0.1, 0.15) is 36.5 Å². The Morgan fingerprint density at radius 1 is 1.32 bits per heavy atom. The standard InChI is InChI=1S/C16H21NO2/c1-17(2)9-3-4-13-14-10-12(18)7-8-15(14)19-16(13)11-5-6-11/h7-8,10-11,18H,3-6,9H2,1-2H3. The third-order valence-corrected chi connectivity index (χ3v) is 3.79. The second-order valence-electron chi connectivity index (χ2n) is 5.81. The average Bonchev–Trinajstić information content (AvgIpc) is 3.13. The van der Waals surface area contributed by atoms with Gasteiger partial charge in [0.2, 0.25) is 0 Å². The SMILES string of the molecule is CN(C)CCCc1c(C2CC2)oc2ccc(O)cc12. The summed E-state index contributed by atoms with van der Waals surface area (Å²) in [6.45, 7) is 1.08. The number of hydrogen-bond donors (Lipinski definition) is 1. The van der Waals surface area contributed by atoms with E-state index in [-0.39, 0.29) is 0 Å². The van der Waals surface area contributed by atoms with Crippen LogP contribution in [0, 0.1) is 0 Å². The van der Waals surface area contributed by atoms with Gasteiger partial charge in [-0.3, -0.25) is 0 Å². The number of aromatic hydroxyl groups is 1. The first-order chi connectivity index (χ1) is 9.15. The van der Waals surface area contributed by atoms with Crippen molar-refractivity contribution < 1.29 is 9.52 Å². The van der Waals surface area contributed by atoms with Crippen LogP contribution in [-0.4, -0.2) is 30.6 Å². The third kappa shape index (κ3) is 2.61. The average molecular weight is 259 g/mol. The van der Waals surface area contributed by atoms with Crippen LogP contribution >= 0.6 is 0 Å². The Hall–Kier alpha value is -1.48. The molecule has 0 bridgehead atoms. The highest BCUT2D eigenvalue weighted by atomic mass is 16.3. The van der Waals surface area contributed by atoms with Crippen LogP contribution < -0.4 is 0 Å². The van der Waals surface area contributed by atoms with Crippen molar-refractivity contribution in [2.75, 3.05) is 20.6 Å². The Labute approximate surface area is 113 Å².